The molecule has 29 heavy (non-hydrogen) atoms. The van der Waals surface area contributed by atoms with Gasteiger partial charge in [0.25, 0.3) is 5.91 Å². The SMILES string of the molecule is CC(C)(C)OC(=O)NCC(=O)N=C1S[C@H]2CS(=O)(=O)C[C@H]2N1c1cccc(Cl)c1. The van der Waals surface area contributed by atoms with E-state index in [4.69, 9.17) is 16.3 Å². The number of hydrogen-bond acceptors (Lipinski definition) is 6. The minimum absolute atomic E-state index is 0.0133. The standard InChI is InChI=1S/C18H22ClN3O5S2/c1-18(2,3)27-17(24)20-8-15(23)21-16-22(12-6-4-5-11(19)7-12)13-9-29(25,26)10-14(13)28-16/h4-7,13-14H,8-10H2,1-3H3,(H,20,24)/t13-,14+/m1/s1. The average molecular weight is 460 g/mol. The van der Waals surface area contributed by atoms with E-state index in [1.54, 1.807) is 49.9 Å². The van der Waals surface area contributed by atoms with E-state index in [1.807, 2.05) is 0 Å². The highest BCUT2D eigenvalue weighted by molar-refractivity contribution is 8.16. The highest BCUT2D eigenvalue weighted by Crippen LogP contribution is 2.41. The summed E-state index contributed by atoms with van der Waals surface area (Å²) in [5.74, 6) is -0.545. The second-order valence-electron chi connectivity index (χ2n) is 7.79. The third-order valence-corrected chi connectivity index (χ3v) is 7.60. The lowest BCUT2D eigenvalue weighted by atomic mass is 10.2. The molecule has 2 fully saturated rings. The maximum absolute atomic E-state index is 12.3. The molecular weight excluding hydrogens is 438 g/mol. The van der Waals surface area contributed by atoms with Gasteiger partial charge < -0.3 is 15.0 Å². The fraction of sp³-hybridized carbons (Fsp3) is 0.500. The van der Waals surface area contributed by atoms with E-state index in [1.165, 1.54) is 11.8 Å². The first-order valence-electron chi connectivity index (χ1n) is 8.94. The van der Waals surface area contributed by atoms with Gasteiger partial charge >= 0.3 is 6.09 Å². The van der Waals surface area contributed by atoms with Crippen LogP contribution in [0.3, 0.4) is 0 Å². The van der Waals surface area contributed by atoms with Crippen LogP contribution in [-0.2, 0) is 19.4 Å². The molecule has 11 heteroatoms. The van der Waals surface area contributed by atoms with Crippen LogP contribution in [0.25, 0.3) is 0 Å². The molecule has 3 rings (SSSR count). The number of alkyl carbamates (subject to hydrolysis) is 1. The zero-order valence-electron chi connectivity index (χ0n) is 16.2. The Morgan fingerprint density at radius 2 is 2.07 bits per heavy atom. The number of benzene rings is 1. The number of aliphatic imine (C=N–C) groups is 1. The number of anilines is 1. The third-order valence-electron chi connectivity index (χ3n) is 4.16. The molecule has 1 aromatic rings. The normalized spacial score (nSPS) is 24.4. The number of halogens is 1. The van der Waals surface area contributed by atoms with Crippen molar-refractivity contribution in [3.63, 3.8) is 0 Å². The Morgan fingerprint density at radius 3 is 2.72 bits per heavy atom. The van der Waals surface area contributed by atoms with Gasteiger partial charge in [0.1, 0.15) is 12.1 Å². The molecule has 0 aromatic heterocycles. The molecular formula is C18H22ClN3O5S2. The first-order chi connectivity index (χ1) is 13.4. The van der Waals surface area contributed by atoms with Crippen molar-refractivity contribution >= 4 is 56.1 Å². The molecule has 8 nitrogen and oxygen atoms in total. The van der Waals surface area contributed by atoms with Crippen LogP contribution >= 0.6 is 23.4 Å². The van der Waals surface area contributed by atoms with Crippen molar-refractivity contribution in [1.29, 1.82) is 0 Å². The molecule has 0 saturated carbocycles. The number of ether oxygens (including phenoxy) is 1. The molecule has 1 aromatic carbocycles. The second-order valence-corrected chi connectivity index (χ2v) is 11.6. The summed E-state index contributed by atoms with van der Waals surface area (Å²) in [5.41, 5.74) is -0.00614. The first kappa shape index (κ1) is 21.9. The lowest BCUT2D eigenvalue weighted by molar-refractivity contribution is -0.117. The third kappa shape index (κ3) is 5.64. The number of carbonyl (C=O) groups excluding carboxylic acids is 2. The van der Waals surface area contributed by atoms with E-state index in [9.17, 15) is 18.0 Å². The fourth-order valence-electron chi connectivity index (χ4n) is 3.10. The predicted octanol–water partition coefficient (Wildman–Crippen LogP) is 2.47. The van der Waals surface area contributed by atoms with Gasteiger partial charge in [0, 0.05) is 16.0 Å². The monoisotopic (exact) mass is 459 g/mol. The molecule has 0 radical (unpaired) electrons. The van der Waals surface area contributed by atoms with E-state index in [0.29, 0.717) is 15.9 Å². The van der Waals surface area contributed by atoms with Crippen LogP contribution in [0, 0.1) is 0 Å². The molecule has 2 saturated heterocycles. The van der Waals surface area contributed by atoms with Crippen LogP contribution in [0.4, 0.5) is 10.5 Å². The number of rotatable bonds is 3. The van der Waals surface area contributed by atoms with E-state index in [-0.39, 0.29) is 29.3 Å². The van der Waals surface area contributed by atoms with Gasteiger partial charge in [-0.1, -0.05) is 29.4 Å². The Balaban J connectivity index is 1.78. The van der Waals surface area contributed by atoms with Crippen molar-refractivity contribution < 1.29 is 22.7 Å². The molecule has 2 heterocycles. The van der Waals surface area contributed by atoms with Crippen molar-refractivity contribution in [1.82, 2.24) is 5.32 Å². The number of sulfone groups is 1. The van der Waals surface area contributed by atoms with Gasteiger partial charge in [0.2, 0.25) is 0 Å². The van der Waals surface area contributed by atoms with Gasteiger partial charge in [-0.2, -0.15) is 4.99 Å². The molecule has 158 valence electrons. The maximum atomic E-state index is 12.3. The van der Waals surface area contributed by atoms with Crippen LogP contribution in [0.15, 0.2) is 29.3 Å². The fourth-order valence-corrected chi connectivity index (χ4v) is 7.22. The molecule has 2 aliphatic rings. The van der Waals surface area contributed by atoms with Crippen LogP contribution in [-0.4, -0.2) is 60.5 Å². The van der Waals surface area contributed by atoms with E-state index in [2.05, 4.69) is 10.3 Å². The van der Waals surface area contributed by atoms with Crippen molar-refractivity contribution in [2.24, 2.45) is 4.99 Å². The number of thioether (sulfide) groups is 1. The summed E-state index contributed by atoms with van der Waals surface area (Å²) in [6, 6.07) is 6.63. The number of nitrogens with one attached hydrogen (secondary N) is 1. The van der Waals surface area contributed by atoms with Gasteiger partial charge in [-0.15, -0.1) is 0 Å². The summed E-state index contributed by atoms with van der Waals surface area (Å²) in [6.45, 7) is 4.84. The lowest BCUT2D eigenvalue weighted by Crippen LogP contribution is -2.38. The quantitative estimate of drug-likeness (QED) is 0.740. The molecule has 2 aliphatic heterocycles. The number of amides is 2. The van der Waals surface area contributed by atoms with Crippen LogP contribution in [0.2, 0.25) is 5.02 Å². The van der Waals surface area contributed by atoms with Crippen molar-refractivity contribution in [2.75, 3.05) is 23.0 Å². The van der Waals surface area contributed by atoms with Gasteiger partial charge in [0.05, 0.1) is 17.5 Å². The average Bonchev–Trinajstić information content (AvgIpc) is 3.02. The van der Waals surface area contributed by atoms with Crippen molar-refractivity contribution in [3.05, 3.63) is 29.3 Å². The summed E-state index contributed by atoms with van der Waals surface area (Å²) < 4.78 is 29.2. The zero-order chi connectivity index (χ0) is 21.4. The minimum atomic E-state index is -3.16. The second kappa shape index (κ2) is 8.16. The van der Waals surface area contributed by atoms with Crippen LogP contribution < -0.4 is 10.2 Å². The Morgan fingerprint density at radius 1 is 1.34 bits per heavy atom. The summed E-state index contributed by atoms with van der Waals surface area (Å²) in [7, 11) is -3.16. The number of amidine groups is 1. The molecule has 0 spiro atoms. The summed E-state index contributed by atoms with van der Waals surface area (Å²) in [4.78, 5) is 29.9. The highest BCUT2D eigenvalue weighted by atomic mass is 35.5. The molecule has 2 atom stereocenters. The smallest absolute Gasteiger partial charge is 0.408 e. The van der Waals surface area contributed by atoms with Gasteiger partial charge in [-0.25, -0.2) is 13.2 Å². The topological polar surface area (TPSA) is 105 Å². The molecule has 0 aliphatic carbocycles. The van der Waals surface area contributed by atoms with Crippen molar-refractivity contribution in [2.45, 2.75) is 37.7 Å². The van der Waals surface area contributed by atoms with Crippen LogP contribution in [0.5, 0.6) is 0 Å². The lowest BCUT2D eigenvalue weighted by Gasteiger charge is -2.24. The molecule has 0 unspecified atom stereocenters. The Bertz CT molecular complexity index is 958. The minimum Gasteiger partial charge on any atom is -0.444 e. The molecule has 2 amide bonds. The number of hydrogen-bond donors (Lipinski definition) is 1. The van der Waals surface area contributed by atoms with Crippen molar-refractivity contribution in [3.8, 4) is 0 Å². The summed E-state index contributed by atoms with van der Waals surface area (Å²) in [5, 5.41) is 3.05. The van der Waals surface area contributed by atoms with E-state index >= 15 is 0 Å². The number of nitrogens with zero attached hydrogens (tertiary/aromatic N) is 2. The van der Waals surface area contributed by atoms with Gasteiger partial charge in [0.15, 0.2) is 15.0 Å². The Kier molecular flexibility index (Phi) is 6.16. The van der Waals surface area contributed by atoms with E-state index < -0.39 is 27.4 Å². The summed E-state index contributed by atoms with van der Waals surface area (Å²) in [6.07, 6.45) is -0.709. The van der Waals surface area contributed by atoms with Crippen LogP contribution in [0.1, 0.15) is 20.8 Å². The maximum Gasteiger partial charge on any atom is 0.408 e. The predicted molar refractivity (Wildman–Crippen MR) is 114 cm³/mol. The zero-order valence-corrected chi connectivity index (χ0v) is 18.6. The Labute approximate surface area is 178 Å². The van der Waals surface area contributed by atoms with Gasteiger partial charge in [-0.3, -0.25) is 4.79 Å². The highest BCUT2D eigenvalue weighted by Gasteiger charge is 2.49. The Hall–Kier alpha value is -1.78. The molecule has 0 bridgehead atoms. The summed E-state index contributed by atoms with van der Waals surface area (Å²) >= 11 is 7.35. The number of fused-ring (bicyclic) bond motifs is 1. The van der Waals surface area contributed by atoms with Gasteiger partial charge in [-0.05, 0) is 39.0 Å². The molecule has 1 N–H and O–H groups in total. The largest absolute Gasteiger partial charge is 0.444 e. The number of carbonyl (C=O) groups is 2. The van der Waals surface area contributed by atoms with E-state index in [0.717, 1.165) is 0 Å². The first-order valence-corrected chi connectivity index (χ1v) is 12.0.